The Labute approximate surface area is 112 Å². The van der Waals surface area contributed by atoms with E-state index >= 15 is 0 Å². The third kappa shape index (κ3) is 6.14. The Bertz CT molecular complexity index is 213. The Balaban J connectivity index is 2.11. The number of rotatable bonds is 8. The molecule has 0 unspecified atom stereocenters. The third-order valence-electron chi connectivity index (χ3n) is 3.98. The van der Waals surface area contributed by atoms with E-state index in [9.17, 15) is 0 Å². The van der Waals surface area contributed by atoms with Gasteiger partial charge in [0.2, 0.25) is 0 Å². The lowest BCUT2D eigenvalue weighted by molar-refractivity contribution is 0.00330. The molecule has 1 fully saturated rings. The summed E-state index contributed by atoms with van der Waals surface area (Å²) in [5, 5.41) is 0. The van der Waals surface area contributed by atoms with Crippen LogP contribution in [0.4, 0.5) is 0 Å². The molecule has 18 heavy (non-hydrogen) atoms. The van der Waals surface area contributed by atoms with Crippen LogP contribution < -0.4 is 5.73 Å². The van der Waals surface area contributed by atoms with Crippen LogP contribution in [0.2, 0.25) is 0 Å². The maximum Gasteiger partial charge on any atom is 0.0634 e. The highest BCUT2D eigenvalue weighted by molar-refractivity contribution is 4.75. The number of unbranched alkanes of at least 4 members (excludes halogenated alkanes) is 1. The molecular formula is C14H31N3O. The Hall–Kier alpha value is -0.160. The summed E-state index contributed by atoms with van der Waals surface area (Å²) in [6.07, 6.45) is 3.51. The minimum atomic E-state index is 0.0122. The van der Waals surface area contributed by atoms with Crippen molar-refractivity contribution in [1.29, 1.82) is 0 Å². The molecule has 1 saturated heterocycles. The van der Waals surface area contributed by atoms with E-state index in [0.29, 0.717) is 0 Å². The molecule has 1 rings (SSSR count). The molecule has 0 aliphatic carbocycles. The Kier molecular flexibility index (Phi) is 7.15. The Morgan fingerprint density at radius 3 is 2.06 bits per heavy atom. The highest BCUT2D eigenvalue weighted by Gasteiger charge is 2.20. The molecule has 4 nitrogen and oxygen atoms in total. The summed E-state index contributed by atoms with van der Waals surface area (Å²) in [6.45, 7) is 12.3. The second-order valence-electron chi connectivity index (χ2n) is 5.89. The number of nitrogens with zero attached hydrogens (tertiary/aromatic N) is 2. The van der Waals surface area contributed by atoms with Gasteiger partial charge >= 0.3 is 0 Å². The van der Waals surface area contributed by atoms with E-state index in [1.807, 2.05) is 0 Å². The van der Waals surface area contributed by atoms with E-state index in [4.69, 9.17) is 10.5 Å². The zero-order chi connectivity index (χ0) is 13.4. The zero-order valence-electron chi connectivity index (χ0n) is 12.5. The highest BCUT2D eigenvalue weighted by Crippen LogP contribution is 2.14. The largest absolute Gasteiger partial charge is 0.379 e. The van der Waals surface area contributed by atoms with Crippen LogP contribution >= 0.6 is 0 Å². The standard InChI is InChI=1S/C14H31N3O/c1-14(2,18-3)6-9-17-12-10-16(11-13-17)8-5-4-7-15/h4-13,15H2,1-3H3. The molecule has 2 N–H and O–H groups in total. The fraction of sp³-hybridized carbons (Fsp3) is 1.00. The molecule has 1 heterocycles. The van der Waals surface area contributed by atoms with E-state index in [2.05, 4.69) is 23.6 Å². The third-order valence-corrected chi connectivity index (χ3v) is 3.98. The predicted octanol–water partition coefficient (Wildman–Crippen LogP) is 1.16. The van der Waals surface area contributed by atoms with Crippen molar-refractivity contribution < 1.29 is 4.74 Å². The van der Waals surface area contributed by atoms with Crippen LogP contribution in [0.1, 0.15) is 33.1 Å². The van der Waals surface area contributed by atoms with Crippen molar-refractivity contribution in [3.05, 3.63) is 0 Å². The van der Waals surface area contributed by atoms with E-state index in [1.54, 1.807) is 7.11 Å². The first-order chi connectivity index (χ1) is 8.57. The lowest BCUT2D eigenvalue weighted by Crippen LogP contribution is -2.47. The van der Waals surface area contributed by atoms with E-state index < -0.39 is 0 Å². The van der Waals surface area contributed by atoms with Gasteiger partial charge in [-0.3, -0.25) is 0 Å². The van der Waals surface area contributed by atoms with Crippen molar-refractivity contribution in [3.63, 3.8) is 0 Å². The van der Waals surface area contributed by atoms with Gasteiger partial charge in [0.1, 0.15) is 0 Å². The number of piperazine rings is 1. The molecule has 0 aromatic rings. The Morgan fingerprint density at radius 2 is 1.56 bits per heavy atom. The summed E-state index contributed by atoms with van der Waals surface area (Å²) in [4.78, 5) is 5.12. The van der Waals surface area contributed by atoms with Gasteiger partial charge in [0.25, 0.3) is 0 Å². The van der Waals surface area contributed by atoms with Gasteiger partial charge in [0.15, 0.2) is 0 Å². The average Bonchev–Trinajstić information content (AvgIpc) is 2.38. The van der Waals surface area contributed by atoms with Crippen molar-refractivity contribution in [1.82, 2.24) is 9.80 Å². The van der Waals surface area contributed by atoms with E-state index in [-0.39, 0.29) is 5.60 Å². The van der Waals surface area contributed by atoms with Crippen LogP contribution in [0.5, 0.6) is 0 Å². The maximum absolute atomic E-state index is 5.52. The van der Waals surface area contributed by atoms with Gasteiger partial charge in [-0.2, -0.15) is 0 Å². The van der Waals surface area contributed by atoms with Gasteiger partial charge in [-0.15, -0.1) is 0 Å². The van der Waals surface area contributed by atoms with Gasteiger partial charge in [-0.05, 0) is 46.2 Å². The summed E-state index contributed by atoms with van der Waals surface area (Å²) in [6, 6.07) is 0. The number of methoxy groups -OCH3 is 1. The number of nitrogens with two attached hydrogens (primary N) is 1. The number of hydrogen-bond acceptors (Lipinski definition) is 4. The summed E-state index contributed by atoms with van der Waals surface area (Å²) in [7, 11) is 1.80. The second-order valence-corrected chi connectivity index (χ2v) is 5.89. The average molecular weight is 257 g/mol. The number of ether oxygens (including phenoxy) is 1. The smallest absolute Gasteiger partial charge is 0.0634 e. The number of hydrogen-bond donors (Lipinski definition) is 1. The van der Waals surface area contributed by atoms with Crippen LogP contribution in [0.15, 0.2) is 0 Å². The monoisotopic (exact) mass is 257 g/mol. The van der Waals surface area contributed by atoms with E-state index in [1.165, 1.54) is 39.1 Å². The van der Waals surface area contributed by atoms with Crippen LogP contribution in [-0.4, -0.2) is 68.3 Å². The summed E-state index contributed by atoms with van der Waals surface area (Å²) >= 11 is 0. The first kappa shape index (κ1) is 15.9. The van der Waals surface area contributed by atoms with Gasteiger partial charge < -0.3 is 20.3 Å². The minimum Gasteiger partial charge on any atom is -0.379 e. The molecule has 1 aliphatic heterocycles. The highest BCUT2D eigenvalue weighted by atomic mass is 16.5. The Morgan fingerprint density at radius 1 is 1.00 bits per heavy atom. The molecule has 0 radical (unpaired) electrons. The summed E-state index contributed by atoms with van der Waals surface area (Å²) in [5.74, 6) is 0. The molecule has 0 spiro atoms. The molecule has 4 heteroatoms. The SMILES string of the molecule is COC(C)(C)CCN1CCN(CCCCN)CC1. The molecule has 0 amide bonds. The fourth-order valence-electron chi connectivity index (χ4n) is 2.25. The van der Waals surface area contributed by atoms with Gasteiger partial charge in [0, 0.05) is 39.8 Å². The molecule has 0 aromatic heterocycles. The molecule has 0 atom stereocenters. The molecule has 1 aliphatic rings. The van der Waals surface area contributed by atoms with Crippen LogP contribution in [0, 0.1) is 0 Å². The van der Waals surface area contributed by atoms with Crippen LogP contribution in [0.3, 0.4) is 0 Å². The molecule has 0 bridgehead atoms. The van der Waals surface area contributed by atoms with Crippen LogP contribution in [-0.2, 0) is 4.74 Å². The molecular weight excluding hydrogens is 226 g/mol. The normalized spacial score (nSPS) is 19.3. The summed E-state index contributed by atoms with van der Waals surface area (Å²) in [5.41, 5.74) is 5.53. The van der Waals surface area contributed by atoms with Crippen molar-refractivity contribution >= 4 is 0 Å². The predicted molar refractivity (Wildman–Crippen MR) is 76.9 cm³/mol. The van der Waals surface area contributed by atoms with Gasteiger partial charge in [-0.1, -0.05) is 0 Å². The maximum atomic E-state index is 5.52. The molecule has 108 valence electrons. The first-order valence-electron chi connectivity index (χ1n) is 7.27. The lowest BCUT2D eigenvalue weighted by Gasteiger charge is -2.36. The molecule has 0 saturated carbocycles. The van der Waals surface area contributed by atoms with E-state index in [0.717, 1.165) is 25.9 Å². The quantitative estimate of drug-likeness (QED) is 0.663. The van der Waals surface area contributed by atoms with Crippen molar-refractivity contribution in [3.8, 4) is 0 Å². The zero-order valence-corrected chi connectivity index (χ0v) is 12.5. The summed E-state index contributed by atoms with van der Waals surface area (Å²) < 4.78 is 5.47. The van der Waals surface area contributed by atoms with Crippen molar-refractivity contribution in [2.75, 3.05) is 52.9 Å². The topological polar surface area (TPSA) is 41.7 Å². The fourth-order valence-corrected chi connectivity index (χ4v) is 2.25. The lowest BCUT2D eigenvalue weighted by atomic mass is 10.0. The first-order valence-corrected chi connectivity index (χ1v) is 7.27. The minimum absolute atomic E-state index is 0.0122. The molecule has 0 aromatic carbocycles. The second kappa shape index (κ2) is 8.10. The van der Waals surface area contributed by atoms with Gasteiger partial charge in [-0.25, -0.2) is 0 Å². The van der Waals surface area contributed by atoms with Crippen molar-refractivity contribution in [2.24, 2.45) is 5.73 Å². The van der Waals surface area contributed by atoms with Crippen LogP contribution in [0.25, 0.3) is 0 Å². The van der Waals surface area contributed by atoms with Gasteiger partial charge in [0.05, 0.1) is 5.60 Å². The van der Waals surface area contributed by atoms with Crippen molar-refractivity contribution in [2.45, 2.75) is 38.7 Å².